The molecule has 1 aromatic carbocycles. The van der Waals surface area contributed by atoms with Crippen LogP contribution in [0.2, 0.25) is 0 Å². The first-order valence-corrected chi connectivity index (χ1v) is 7.15. The van der Waals surface area contributed by atoms with E-state index in [9.17, 15) is 14.4 Å². The van der Waals surface area contributed by atoms with Gasteiger partial charge in [0, 0.05) is 0 Å². The number of carbonyl (C=O) groups is 3. The van der Waals surface area contributed by atoms with E-state index >= 15 is 0 Å². The van der Waals surface area contributed by atoms with E-state index in [1.165, 1.54) is 7.11 Å². The number of benzene rings is 1. The van der Waals surface area contributed by atoms with Crippen LogP contribution in [0.5, 0.6) is 0 Å². The number of carbonyl (C=O) groups excluding carboxylic acids is 3. The molecule has 1 rings (SSSR count). The van der Waals surface area contributed by atoms with Gasteiger partial charge in [-0.25, -0.2) is 4.79 Å². The smallest absolute Gasteiger partial charge is 0.407 e. The summed E-state index contributed by atoms with van der Waals surface area (Å²) < 4.78 is 19.2. The van der Waals surface area contributed by atoms with Crippen molar-refractivity contribution >= 4 is 18.0 Å². The molecular weight excluding hydrogens is 318 g/mol. The Balaban J connectivity index is 2.81. The van der Waals surface area contributed by atoms with E-state index < -0.39 is 30.0 Å². The molecule has 0 aliphatic carbocycles. The minimum absolute atomic E-state index is 0.112. The predicted octanol–water partition coefficient (Wildman–Crippen LogP) is 0.890. The number of alkyl carbamates (subject to hydrolysis) is 1. The van der Waals surface area contributed by atoms with Gasteiger partial charge in [-0.2, -0.15) is 0 Å². The van der Waals surface area contributed by atoms with Crippen molar-refractivity contribution in [2.24, 2.45) is 5.92 Å². The van der Waals surface area contributed by atoms with Crippen LogP contribution in [0.3, 0.4) is 0 Å². The van der Waals surface area contributed by atoms with Crippen LogP contribution in [-0.2, 0) is 35.1 Å². The third-order valence-corrected chi connectivity index (χ3v) is 3.21. The molecule has 1 N–H and O–H groups in total. The molecule has 0 radical (unpaired) electrons. The Bertz CT molecular complexity index is 531. The predicted molar refractivity (Wildman–Crippen MR) is 82.9 cm³/mol. The summed E-state index contributed by atoms with van der Waals surface area (Å²) in [6.45, 7) is 0.133. The molecule has 8 nitrogen and oxygen atoms in total. The van der Waals surface area contributed by atoms with Gasteiger partial charge in [0.1, 0.15) is 0 Å². The highest BCUT2D eigenvalue weighted by molar-refractivity contribution is 5.96. The third-order valence-electron chi connectivity index (χ3n) is 3.21. The molecule has 1 amide bonds. The van der Waals surface area contributed by atoms with Gasteiger partial charge in [0.2, 0.25) is 0 Å². The number of hydrogen-bond donors (Lipinski definition) is 1. The Hall–Kier alpha value is -2.61. The number of esters is 2. The summed E-state index contributed by atoms with van der Waals surface area (Å²) in [5, 5.41) is 2.40. The second kappa shape index (κ2) is 10.2. The first kappa shape index (κ1) is 19.4. The maximum atomic E-state index is 11.9. The van der Waals surface area contributed by atoms with E-state index in [1.54, 1.807) is 0 Å². The summed E-state index contributed by atoms with van der Waals surface area (Å²) in [5.74, 6) is -3.05. The molecular formula is C16H21NO7. The second-order valence-corrected chi connectivity index (χ2v) is 4.77. The zero-order chi connectivity index (χ0) is 17.9. The highest BCUT2D eigenvalue weighted by Crippen LogP contribution is 2.11. The van der Waals surface area contributed by atoms with Crippen molar-refractivity contribution in [3.63, 3.8) is 0 Å². The molecule has 0 spiro atoms. The number of ether oxygens (including phenoxy) is 4. The minimum Gasteiger partial charge on any atom is -0.468 e. The van der Waals surface area contributed by atoms with Crippen molar-refractivity contribution < 1.29 is 33.3 Å². The van der Waals surface area contributed by atoms with Crippen molar-refractivity contribution in [1.82, 2.24) is 5.32 Å². The topological polar surface area (TPSA) is 100 Å². The average molecular weight is 339 g/mol. The molecule has 1 atom stereocenters. The number of amides is 1. The summed E-state index contributed by atoms with van der Waals surface area (Å²) in [4.78, 5) is 35.3. The molecule has 0 aliphatic rings. The molecule has 0 aliphatic heterocycles. The van der Waals surface area contributed by atoms with Gasteiger partial charge in [0.25, 0.3) is 0 Å². The van der Waals surface area contributed by atoms with Crippen LogP contribution < -0.4 is 5.32 Å². The van der Waals surface area contributed by atoms with E-state index in [-0.39, 0.29) is 13.2 Å². The Labute approximate surface area is 140 Å². The van der Waals surface area contributed by atoms with Crippen LogP contribution in [0, 0.1) is 5.92 Å². The van der Waals surface area contributed by atoms with E-state index in [1.807, 2.05) is 30.3 Å². The van der Waals surface area contributed by atoms with Crippen molar-refractivity contribution in [2.45, 2.75) is 12.6 Å². The molecule has 1 aromatic rings. The number of methoxy groups -OCH3 is 3. The van der Waals surface area contributed by atoms with Gasteiger partial charge < -0.3 is 24.3 Å². The maximum absolute atomic E-state index is 11.9. The van der Waals surface area contributed by atoms with Gasteiger partial charge in [-0.15, -0.1) is 0 Å². The number of nitrogens with one attached hydrogen (secondary N) is 1. The van der Waals surface area contributed by atoms with E-state index in [0.29, 0.717) is 0 Å². The van der Waals surface area contributed by atoms with Crippen molar-refractivity contribution in [3.8, 4) is 0 Å². The maximum Gasteiger partial charge on any atom is 0.407 e. The Morgan fingerprint density at radius 3 is 2.04 bits per heavy atom. The molecule has 0 fully saturated rings. The summed E-state index contributed by atoms with van der Waals surface area (Å²) in [6, 6.07) is 8.31. The van der Waals surface area contributed by atoms with Gasteiger partial charge in [0.15, 0.2) is 5.92 Å². The lowest BCUT2D eigenvalue weighted by atomic mass is 10.0. The van der Waals surface area contributed by atoms with Gasteiger partial charge >= 0.3 is 18.0 Å². The van der Waals surface area contributed by atoms with Crippen LogP contribution in [0.1, 0.15) is 5.56 Å². The van der Waals surface area contributed by atoms with Crippen LogP contribution in [0.4, 0.5) is 4.79 Å². The molecule has 24 heavy (non-hydrogen) atoms. The lowest BCUT2D eigenvalue weighted by Crippen LogP contribution is -2.50. The highest BCUT2D eigenvalue weighted by atomic mass is 16.6. The standard InChI is InChI=1S/C16H21NO7/c1-21-14(18)13(15(19)22-2)12(17-16(20)23-3)10-24-9-11-7-5-4-6-8-11/h4-8,12-13H,9-10H2,1-3H3,(H,17,20). The van der Waals surface area contributed by atoms with E-state index in [4.69, 9.17) is 4.74 Å². The van der Waals surface area contributed by atoms with E-state index in [2.05, 4.69) is 19.5 Å². The van der Waals surface area contributed by atoms with Crippen molar-refractivity contribution in [2.75, 3.05) is 27.9 Å². The van der Waals surface area contributed by atoms with Crippen LogP contribution >= 0.6 is 0 Å². The van der Waals surface area contributed by atoms with Gasteiger partial charge in [0.05, 0.1) is 40.6 Å². The summed E-state index contributed by atoms with van der Waals surface area (Å²) in [5.41, 5.74) is 0.905. The summed E-state index contributed by atoms with van der Waals surface area (Å²) in [6.07, 6.45) is -0.805. The second-order valence-electron chi connectivity index (χ2n) is 4.77. The first-order chi connectivity index (χ1) is 11.5. The monoisotopic (exact) mass is 339 g/mol. The fourth-order valence-corrected chi connectivity index (χ4v) is 1.99. The Morgan fingerprint density at radius 2 is 1.54 bits per heavy atom. The van der Waals surface area contributed by atoms with E-state index in [0.717, 1.165) is 19.8 Å². The Kier molecular flexibility index (Phi) is 8.28. The number of rotatable bonds is 8. The van der Waals surface area contributed by atoms with Gasteiger partial charge in [-0.05, 0) is 5.56 Å². The largest absolute Gasteiger partial charge is 0.468 e. The van der Waals surface area contributed by atoms with Crippen molar-refractivity contribution in [1.29, 1.82) is 0 Å². The van der Waals surface area contributed by atoms with Gasteiger partial charge in [-0.1, -0.05) is 30.3 Å². The quantitative estimate of drug-likeness (QED) is 0.426. The molecule has 8 heteroatoms. The zero-order valence-corrected chi connectivity index (χ0v) is 13.8. The van der Waals surface area contributed by atoms with Crippen molar-refractivity contribution in [3.05, 3.63) is 35.9 Å². The first-order valence-electron chi connectivity index (χ1n) is 7.15. The SMILES string of the molecule is COC(=O)NC(COCc1ccccc1)C(C(=O)OC)C(=O)OC. The van der Waals surface area contributed by atoms with Gasteiger partial charge in [-0.3, -0.25) is 9.59 Å². The average Bonchev–Trinajstić information content (AvgIpc) is 2.61. The number of hydrogen-bond acceptors (Lipinski definition) is 7. The molecule has 0 heterocycles. The molecule has 0 bridgehead atoms. The molecule has 1 unspecified atom stereocenters. The molecule has 0 aromatic heterocycles. The lowest BCUT2D eigenvalue weighted by molar-refractivity contribution is -0.161. The lowest BCUT2D eigenvalue weighted by Gasteiger charge is -2.23. The summed E-state index contributed by atoms with van der Waals surface area (Å²) >= 11 is 0. The fraction of sp³-hybridized carbons (Fsp3) is 0.438. The summed E-state index contributed by atoms with van der Waals surface area (Å²) in [7, 11) is 3.44. The van der Waals surface area contributed by atoms with Crippen LogP contribution in [0.25, 0.3) is 0 Å². The molecule has 0 saturated heterocycles. The molecule has 0 saturated carbocycles. The highest BCUT2D eigenvalue weighted by Gasteiger charge is 2.38. The Morgan fingerprint density at radius 1 is 0.958 bits per heavy atom. The normalized spacial score (nSPS) is 11.5. The third kappa shape index (κ3) is 5.88. The van der Waals surface area contributed by atoms with Crippen LogP contribution in [-0.4, -0.2) is 52.0 Å². The zero-order valence-electron chi connectivity index (χ0n) is 13.8. The fourth-order valence-electron chi connectivity index (χ4n) is 1.99. The van der Waals surface area contributed by atoms with Crippen LogP contribution in [0.15, 0.2) is 30.3 Å². The minimum atomic E-state index is -1.37. The molecule has 132 valence electrons.